The third-order valence-corrected chi connectivity index (χ3v) is 3.44. The van der Waals surface area contributed by atoms with Crippen molar-refractivity contribution in [2.45, 2.75) is 6.92 Å². The molecule has 0 bridgehead atoms. The first-order chi connectivity index (χ1) is 10.1. The lowest BCUT2D eigenvalue weighted by atomic mass is 10.0. The van der Waals surface area contributed by atoms with Crippen LogP contribution >= 0.6 is 0 Å². The van der Waals surface area contributed by atoms with Gasteiger partial charge in [0.15, 0.2) is 0 Å². The van der Waals surface area contributed by atoms with E-state index in [1.807, 2.05) is 6.92 Å². The number of aryl methyl sites for hydroxylation is 1. The number of aromatic amines is 1. The largest absolute Gasteiger partial charge is 0.506 e. The Bertz CT molecular complexity index is 892. The van der Waals surface area contributed by atoms with E-state index in [9.17, 15) is 14.7 Å². The molecule has 3 rings (SSSR count). The third-order valence-electron chi connectivity index (χ3n) is 3.44. The van der Waals surface area contributed by atoms with Gasteiger partial charge < -0.3 is 10.1 Å². The number of benzene rings is 2. The minimum atomic E-state index is -0.586. The highest BCUT2D eigenvalue weighted by Crippen LogP contribution is 2.26. The molecule has 4 nitrogen and oxygen atoms in total. The Labute approximate surface area is 120 Å². The summed E-state index contributed by atoms with van der Waals surface area (Å²) in [5, 5.41) is 10.7. The molecule has 0 saturated heterocycles. The Hall–Kier alpha value is -2.88. The number of para-hydroxylation sites is 1. The van der Waals surface area contributed by atoms with Crippen molar-refractivity contribution in [3.63, 3.8) is 0 Å². The van der Waals surface area contributed by atoms with E-state index in [0.717, 1.165) is 5.56 Å². The molecule has 21 heavy (non-hydrogen) atoms. The van der Waals surface area contributed by atoms with Crippen molar-refractivity contribution in [3.8, 4) is 5.75 Å². The number of ketones is 1. The summed E-state index contributed by atoms with van der Waals surface area (Å²) in [6.07, 6.45) is 0. The van der Waals surface area contributed by atoms with Gasteiger partial charge >= 0.3 is 0 Å². The Morgan fingerprint density at radius 3 is 2.43 bits per heavy atom. The van der Waals surface area contributed by atoms with Crippen LogP contribution in [0.25, 0.3) is 10.9 Å². The molecule has 104 valence electrons. The normalized spacial score (nSPS) is 10.7. The van der Waals surface area contributed by atoms with E-state index in [2.05, 4.69) is 4.98 Å². The summed E-state index contributed by atoms with van der Waals surface area (Å²) < 4.78 is 0. The van der Waals surface area contributed by atoms with Crippen molar-refractivity contribution in [2.24, 2.45) is 0 Å². The third kappa shape index (κ3) is 2.21. The van der Waals surface area contributed by atoms with Gasteiger partial charge in [-0.05, 0) is 19.1 Å². The van der Waals surface area contributed by atoms with Gasteiger partial charge in [0.1, 0.15) is 11.3 Å². The van der Waals surface area contributed by atoms with E-state index >= 15 is 0 Å². The van der Waals surface area contributed by atoms with Crippen molar-refractivity contribution in [1.82, 2.24) is 4.98 Å². The first kappa shape index (κ1) is 13.1. The number of carbonyl (C=O) groups excluding carboxylic acids is 1. The second-order valence-corrected chi connectivity index (χ2v) is 4.92. The van der Waals surface area contributed by atoms with Gasteiger partial charge in [-0.3, -0.25) is 9.59 Å². The summed E-state index contributed by atoms with van der Waals surface area (Å²) in [5.41, 5.74) is 1.08. The molecular formula is C17H13NO3. The average Bonchev–Trinajstić information content (AvgIpc) is 2.48. The highest BCUT2D eigenvalue weighted by atomic mass is 16.3. The van der Waals surface area contributed by atoms with Crippen LogP contribution in [-0.4, -0.2) is 15.9 Å². The van der Waals surface area contributed by atoms with Crippen molar-refractivity contribution >= 4 is 16.7 Å². The van der Waals surface area contributed by atoms with E-state index in [4.69, 9.17) is 0 Å². The lowest BCUT2D eigenvalue weighted by molar-refractivity contribution is 0.103. The molecule has 2 aromatic carbocycles. The predicted octanol–water partition coefficient (Wildman–Crippen LogP) is 2.77. The molecule has 1 aromatic heterocycles. The molecule has 0 amide bonds. The van der Waals surface area contributed by atoms with Crippen molar-refractivity contribution in [1.29, 1.82) is 0 Å². The minimum Gasteiger partial charge on any atom is -0.506 e. The maximum Gasteiger partial charge on any atom is 0.263 e. The van der Waals surface area contributed by atoms with E-state index in [1.165, 1.54) is 0 Å². The molecule has 0 unspecified atom stereocenters. The van der Waals surface area contributed by atoms with Crippen molar-refractivity contribution in [3.05, 3.63) is 75.6 Å². The highest BCUT2D eigenvalue weighted by molar-refractivity contribution is 6.12. The van der Waals surface area contributed by atoms with Crippen LogP contribution < -0.4 is 5.56 Å². The molecule has 0 aliphatic heterocycles. The van der Waals surface area contributed by atoms with Gasteiger partial charge in [-0.2, -0.15) is 0 Å². The van der Waals surface area contributed by atoms with Crippen LogP contribution in [0.3, 0.4) is 0 Å². The summed E-state index contributed by atoms with van der Waals surface area (Å²) >= 11 is 0. The number of nitrogens with one attached hydrogen (secondary N) is 1. The molecule has 3 aromatic rings. The van der Waals surface area contributed by atoms with Crippen LogP contribution in [0.2, 0.25) is 0 Å². The minimum absolute atomic E-state index is 0.224. The zero-order valence-corrected chi connectivity index (χ0v) is 11.4. The quantitative estimate of drug-likeness (QED) is 0.709. The molecular weight excluding hydrogens is 266 g/mol. The van der Waals surface area contributed by atoms with Gasteiger partial charge in [0.25, 0.3) is 5.56 Å². The summed E-state index contributed by atoms with van der Waals surface area (Å²) in [6, 6.07) is 13.7. The van der Waals surface area contributed by atoms with Gasteiger partial charge in [0.05, 0.1) is 5.52 Å². The summed E-state index contributed by atoms with van der Waals surface area (Å²) in [7, 11) is 0. The summed E-state index contributed by atoms with van der Waals surface area (Å²) in [4.78, 5) is 27.2. The maximum atomic E-state index is 12.5. The van der Waals surface area contributed by atoms with Gasteiger partial charge in [-0.25, -0.2) is 0 Å². The highest BCUT2D eigenvalue weighted by Gasteiger charge is 2.20. The summed E-state index contributed by atoms with van der Waals surface area (Å²) in [6.45, 7) is 1.91. The average molecular weight is 279 g/mol. The molecule has 4 heteroatoms. The fourth-order valence-electron chi connectivity index (χ4n) is 2.29. The van der Waals surface area contributed by atoms with Gasteiger partial charge in [0, 0.05) is 10.9 Å². The lowest BCUT2D eigenvalue weighted by Crippen LogP contribution is -2.18. The maximum absolute atomic E-state index is 12.5. The molecule has 2 N–H and O–H groups in total. The van der Waals surface area contributed by atoms with Gasteiger partial charge in [-0.1, -0.05) is 42.0 Å². The fraction of sp³-hybridized carbons (Fsp3) is 0.0588. The van der Waals surface area contributed by atoms with E-state index in [-0.39, 0.29) is 11.3 Å². The Morgan fingerprint density at radius 2 is 1.71 bits per heavy atom. The molecule has 0 spiro atoms. The SMILES string of the molecule is Cc1ccc(C(=O)c2c(O)c3ccccc3[nH]c2=O)cc1. The molecule has 0 aliphatic rings. The molecule has 0 saturated carbocycles. The Morgan fingerprint density at radius 1 is 1.05 bits per heavy atom. The van der Waals surface area contributed by atoms with Gasteiger partial charge in [-0.15, -0.1) is 0 Å². The van der Waals surface area contributed by atoms with E-state index in [1.54, 1.807) is 48.5 Å². The number of aromatic nitrogens is 1. The smallest absolute Gasteiger partial charge is 0.263 e. The van der Waals surface area contributed by atoms with Crippen LogP contribution in [0, 0.1) is 6.92 Å². The monoisotopic (exact) mass is 279 g/mol. The fourth-order valence-corrected chi connectivity index (χ4v) is 2.29. The van der Waals surface area contributed by atoms with Crippen LogP contribution in [-0.2, 0) is 0 Å². The predicted molar refractivity (Wildman–Crippen MR) is 80.8 cm³/mol. The number of hydrogen-bond donors (Lipinski definition) is 2. The Balaban J connectivity index is 2.22. The Kier molecular flexibility index (Phi) is 3.06. The number of carbonyl (C=O) groups is 1. The molecule has 0 aliphatic carbocycles. The number of rotatable bonds is 2. The van der Waals surface area contributed by atoms with Gasteiger partial charge in [0.2, 0.25) is 5.78 Å². The molecule has 1 heterocycles. The first-order valence-electron chi connectivity index (χ1n) is 6.53. The van der Waals surface area contributed by atoms with Crippen LogP contribution in [0.4, 0.5) is 0 Å². The molecule has 0 fully saturated rings. The topological polar surface area (TPSA) is 70.2 Å². The number of H-pyrrole nitrogens is 1. The number of hydrogen-bond acceptors (Lipinski definition) is 3. The number of pyridine rings is 1. The van der Waals surface area contributed by atoms with E-state index < -0.39 is 11.3 Å². The lowest BCUT2D eigenvalue weighted by Gasteiger charge is -2.07. The molecule has 0 radical (unpaired) electrons. The first-order valence-corrected chi connectivity index (χ1v) is 6.53. The van der Waals surface area contributed by atoms with Crippen LogP contribution in [0.5, 0.6) is 5.75 Å². The van der Waals surface area contributed by atoms with E-state index in [0.29, 0.717) is 16.5 Å². The van der Waals surface area contributed by atoms with Crippen molar-refractivity contribution < 1.29 is 9.90 Å². The second-order valence-electron chi connectivity index (χ2n) is 4.92. The van der Waals surface area contributed by atoms with Crippen LogP contribution in [0.15, 0.2) is 53.3 Å². The summed E-state index contributed by atoms with van der Waals surface area (Å²) in [5.74, 6) is -0.764. The standard InChI is InChI=1S/C17H13NO3/c1-10-6-8-11(9-7-10)15(19)14-16(20)12-4-2-3-5-13(12)18-17(14)21/h2-9H,1H3,(H2,18,20,21). The zero-order chi connectivity index (χ0) is 15.0. The number of aromatic hydroxyl groups is 1. The zero-order valence-electron chi connectivity index (χ0n) is 11.4. The van der Waals surface area contributed by atoms with Crippen molar-refractivity contribution in [2.75, 3.05) is 0 Å². The molecule has 0 atom stereocenters. The second kappa shape index (κ2) is 4.90. The number of fused-ring (bicyclic) bond motifs is 1. The van der Waals surface area contributed by atoms with Crippen LogP contribution in [0.1, 0.15) is 21.5 Å².